The van der Waals surface area contributed by atoms with Crippen molar-refractivity contribution in [2.75, 3.05) is 0 Å². The fourth-order valence-corrected chi connectivity index (χ4v) is 5.82. The molecule has 1 aromatic carbocycles. The summed E-state index contributed by atoms with van der Waals surface area (Å²) in [6.07, 6.45) is 3.71. The number of nitrogens with one attached hydrogen (secondary N) is 1. The molecule has 1 aliphatic rings. The van der Waals surface area contributed by atoms with Crippen LogP contribution in [0.3, 0.4) is 0 Å². The van der Waals surface area contributed by atoms with Gasteiger partial charge in [-0.05, 0) is 0 Å². The average molecular weight is 391 g/mol. The minimum absolute atomic E-state index is 0.192. The van der Waals surface area contributed by atoms with E-state index >= 15 is 0 Å². The van der Waals surface area contributed by atoms with E-state index in [0.29, 0.717) is 5.92 Å². The van der Waals surface area contributed by atoms with Gasteiger partial charge in [0.15, 0.2) is 0 Å². The van der Waals surface area contributed by atoms with Gasteiger partial charge in [0, 0.05) is 0 Å². The SMILES string of the molecule is CC(C)(C)C1CCC(C[Se]c2ccc(Cl)cc2)([NH+]([O-])O)CC1. The van der Waals surface area contributed by atoms with E-state index in [1.54, 1.807) is 0 Å². The quantitative estimate of drug-likeness (QED) is 0.613. The van der Waals surface area contributed by atoms with Crippen molar-refractivity contribution in [1.82, 2.24) is 0 Å². The molecular formula is C17H26ClNO2Se. The van der Waals surface area contributed by atoms with Crippen LogP contribution in [0.4, 0.5) is 0 Å². The van der Waals surface area contributed by atoms with Crippen LogP contribution in [-0.2, 0) is 0 Å². The number of hydroxylamine groups is 2. The van der Waals surface area contributed by atoms with E-state index in [1.165, 1.54) is 4.46 Å². The van der Waals surface area contributed by atoms with Gasteiger partial charge in [0.05, 0.1) is 0 Å². The summed E-state index contributed by atoms with van der Waals surface area (Å²) < 4.78 is 1.23. The van der Waals surface area contributed by atoms with E-state index in [2.05, 4.69) is 20.8 Å². The number of hydrogen-bond donors (Lipinski definition) is 2. The number of quaternary nitrogens is 1. The van der Waals surface area contributed by atoms with Crippen LogP contribution >= 0.6 is 11.6 Å². The van der Waals surface area contributed by atoms with Gasteiger partial charge in [0.2, 0.25) is 0 Å². The van der Waals surface area contributed by atoms with E-state index in [-0.39, 0.29) is 20.4 Å². The van der Waals surface area contributed by atoms with Crippen molar-refractivity contribution in [3.8, 4) is 0 Å². The molecule has 0 heterocycles. The third-order valence-corrected chi connectivity index (χ3v) is 7.93. The second-order valence-electron chi connectivity index (χ2n) is 7.47. The summed E-state index contributed by atoms with van der Waals surface area (Å²) in [5.74, 6) is 0.642. The second kappa shape index (κ2) is 7.21. The molecule has 1 fully saturated rings. The van der Waals surface area contributed by atoms with E-state index in [0.717, 1.165) is 36.0 Å². The van der Waals surface area contributed by atoms with Gasteiger partial charge < -0.3 is 0 Å². The van der Waals surface area contributed by atoms with Gasteiger partial charge in [-0.3, -0.25) is 0 Å². The summed E-state index contributed by atoms with van der Waals surface area (Å²) in [5, 5.41) is 22.6. The molecule has 0 bridgehead atoms. The zero-order valence-corrected chi connectivity index (χ0v) is 16.0. The van der Waals surface area contributed by atoms with E-state index < -0.39 is 10.8 Å². The normalized spacial score (nSPS) is 27.6. The van der Waals surface area contributed by atoms with Gasteiger partial charge in [-0.25, -0.2) is 0 Å². The maximum atomic E-state index is 11.9. The number of halogens is 1. The molecule has 0 spiro atoms. The molecule has 1 aromatic rings. The van der Waals surface area contributed by atoms with Crippen LogP contribution in [0.1, 0.15) is 46.5 Å². The van der Waals surface area contributed by atoms with Crippen LogP contribution < -0.4 is 9.69 Å². The van der Waals surface area contributed by atoms with Gasteiger partial charge in [-0.15, -0.1) is 0 Å². The Labute approximate surface area is 144 Å². The standard InChI is InChI=1S/C17H26ClNO2Se/c1-16(2,3)13-8-10-17(11-9-13,19(20)21)12-22-15-6-4-14(18)5-7-15/h4-7,13,19-20H,8-12H2,1-3H3. The van der Waals surface area contributed by atoms with Crippen LogP contribution in [0, 0.1) is 16.5 Å². The first kappa shape index (κ1) is 18.3. The van der Waals surface area contributed by atoms with E-state index in [1.807, 2.05) is 24.3 Å². The fourth-order valence-electron chi connectivity index (χ4n) is 3.21. The Morgan fingerprint density at radius 3 is 2.27 bits per heavy atom. The van der Waals surface area contributed by atoms with Crippen molar-refractivity contribution < 1.29 is 10.4 Å². The molecule has 22 heavy (non-hydrogen) atoms. The molecule has 0 radical (unpaired) electrons. The van der Waals surface area contributed by atoms with Crippen molar-refractivity contribution in [2.24, 2.45) is 11.3 Å². The van der Waals surface area contributed by atoms with Crippen molar-refractivity contribution in [2.45, 2.75) is 57.3 Å². The number of rotatable bonds is 4. The van der Waals surface area contributed by atoms with Crippen LogP contribution in [0.5, 0.6) is 0 Å². The first-order valence-corrected chi connectivity index (χ1v) is 10.3. The van der Waals surface area contributed by atoms with Crippen molar-refractivity contribution in [1.29, 1.82) is 0 Å². The number of hydrogen-bond acceptors (Lipinski definition) is 2. The Kier molecular flexibility index (Phi) is 5.98. The molecule has 0 amide bonds. The molecule has 1 unspecified atom stereocenters. The zero-order chi connectivity index (χ0) is 16.4. The summed E-state index contributed by atoms with van der Waals surface area (Å²) in [7, 11) is 0. The summed E-state index contributed by atoms with van der Waals surface area (Å²) >= 11 is 6.10. The topological polar surface area (TPSA) is 47.7 Å². The molecule has 2 N–H and O–H groups in total. The summed E-state index contributed by atoms with van der Waals surface area (Å²) in [6, 6.07) is 7.84. The van der Waals surface area contributed by atoms with Gasteiger partial charge >= 0.3 is 145 Å². The molecule has 3 nitrogen and oxygen atoms in total. The molecule has 0 aliphatic heterocycles. The molecular weight excluding hydrogens is 365 g/mol. The summed E-state index contributed by atoms with van der Waals surface area (Å²) in [5.41, 5.74) is -0.229. The second-order valence-corrected chi connectivity index (χ2v) is 10.1. The molecule has 1 saturated carbocycles. The zero-order valence-electron chi connectivity index (χ0n) is 13.6. The molecule has 1 aliphatic carbocycles. The van der Waals surface area contributed by atoms with Gasteiger partial charge in [0.25, 0.3) is 0 Å². The Balaban J connectivity index is 2.00. The first-order chi connectivity index (χ1) is 10.2. The Morgan fingerprint density at radius 2 is 1.82 bits per heavy atom. The van der Waals surface area contributed by atoms with Crippen molar-refractivity contribution in [3.05, 3.63) is 34.5 Å². The van der Waals surface area contributed by atoms with Gasteiger partial charge in [-0.1, -0.05) is 0 Å². The molecule has 0 aromatic heterocycles. The molecule has 2 rings (SSSR count). The molecule has 5 heteroatoms. The van der Waals surface area contributed by atoms with Gasteiger partial charge in [-0.2, -0.15) is 0 Å². The molecule has 0 saturated heterocycles. The Bertz CT molecular complexity index is 476. The average Bonchev–Trinajstić information content (AvgIpc) is 2.46. The predicted octanol–water partition coefficient (Wildman–Crippen LogP) is 2.83. The first-order valence-electron chi connectivity index (χ1n) is 7.85. The van der Waals surface area contributed by atoms with Crippen LogP contribution in [0.2, 0.25) is 10.3 Å². The monoisotopic (exact) mass is 391 g/mol. The van der Waals surface area contributed by atoms with Gasteiger partial charge in [0.1, 0.15) is 0 Å². The van der Waals surface area contributed by atoms with Crippen LogP contribution in [-0.4, -0.2) is 25.7 Å². The van der Waals surface area contributed by atoms with E-state index in [9.17, 15) is 10.4 Å². The van der Waals surface area contributed by atoms with E-state index in [4.69, 9.17) is 11.6 Å². The molecule has 1 atom stereocenters. The van der Waals surface area contributed by atoms with Crippen LogP contribution in [0.15, 0.2) is 24.3 Å². The Hall–Kier alpha value is -0.0905. The minimum atomic E-state index is -0.601. The number of benzene rings is 1. The maximum absolute atomic E-state index is 11.9. The Morgan fingerprint density at radius 1 is 1.27 bits per heavy atom. The summed E-state index contributed by atoms with van der Waals surface area (Å²) in [4.78, 5) is 0. The molecule has 124 valence electrons. The third-order valence-electron chi connectivity index (χ3n) is 4.95. The predicted molar refractivity (Wildman–Crippen MR) is 91.9 cm³/mol. The summed E-state index contributed by atoms with van der Waals surface area (Å²) in [6.45, 7) is 6.80. The van der Waals surface area contributed by atoms with Crippen molar-refractivity contribution >= 4 is 31.0 Å². The van der Waals surface area contributed by atoms with Crippen molar-refractivity contribution in [3.63, 3.8) is 0 Å². The van der Waals surface area contributed by atoms with Crippen LogP contribution in [0.25, 0.3) is 0 Å². The third kappa shape index (κ3) is 4.47. The fraction of sp³-hybridized carbons (Fsp3) is 0.647.